The van der Waals surface area contributed by atoms with Gasteiger partial charge in [-0.2, -0.15) is 5.26 Å². The molecule has 3 heteroatoms. The molecule has 0 aromatic heterocycles. The summed E-state index contributed by atoms with van der Waals surface area (Å²) in [7, 11) is 5.80. The summed E-state index contributed by atoms with van der Waals surface area (Å²) >= 11 is 0. The van der Waals surface area contributed by atoms with Gasteiger partial charge in [-0.25, -0.2) is 0 Å². The first kappa shape index (κ1) is 9.31. The molecule has 0 amide bonds. The second-order valence-corrected chi connectivity index (χ2v) is 3.60. The highest BCUT2D eigenvalue weighted by atomic mass is 16.1. The van der Waals surface area contributed by atoms with Crippen molar-refractivity contribution in [3.8, 4) is 6.07 Å². The van der Waals surface area contributed by atoms with E-state index in [-0.39, 0.29) is 5.92 Å². The molecule has 62 valence electrons. The zero-order chi connectivity index (χ0) is 9.03. The number of nitrogens with zero attached hydrogens (tertiary/aromatic N) is 1. The van der Waals surface area contributed by atoms with Gasteiger partial charge in [-0.15, -0.1) is 0 Å². The molecule has 1 fully saturated rings. The second-order valence-electron chi connectivity index (χ2n) is 3.60. The monoisotopic (exact) mass is 161 g/mol. The van der Waals surface area contributed by atoms with E-state index in [0.717, 1.165) is 32.0 Å². The maximum atomic E-state index is 10.5. The first-order chi connectivity index (χ1) is 5.70. The van der Waals surface area contributed by atoms with Crippen LogP contribution in [0, 0.1) is 17.2 Å². The Morgan fingerprint density at radius 3 is 2.83 bits per heavy atom. The third kappa shape index (κ3) is 2.10. The molecule has 0 aliphatic heterocycles. The largest absolute Gasteiger partial charge is 0.303 e. The van der Waals surface area contributed by atoms with Gasteiger partial charge in [0.15, 0.2) is 0 Å². The highest BCUT2D eigenvalue weighted by molar-refractivity contribution is 6.17. The lowest BCUT2D eigenvalue weighted by atomic mass is 9.65. The van der Waals surface area contributed by atoms with Crippen LogP contribution in [-0.2, 0) is 4.79 Å². The number of nitriles is 1. The smallest absolute Gasteiger partial charge is 0.123 e. The van der Waals surface area contributed by atoms with Gasteiger partial charge in [-0.1, -0.05) is 6.42 Å². The van der Waals surface area contributed by atoms with Crippen molar-refractivity contribution in [3.63, 3.8) is 0 Å². The van der Waals surface area contributed by atoms with E-state index in [2.05, 4.69) is 6.07 Å². The molecular weight excluding hydrogens is 149 g/mol. The molecule has 1 aliphatic carbocycles. The third-order valence-corrected chi connectivity index (χ3v) is 2.57. The van der Waals surface area contributed by atoms with Crippen LogP contribution in [0.3, 0.4) is 0 Å². The van der Waals surface area contributed by atoms with Crippen molar-refractivity contribution in [1.82, 2.24) is 0 Å². The quantitative estimate of drug-likeness (QED) is 0.333. The van der Waals surface area contributed by atoms with Gasteiger partial charge < -0.3 is 4.79 Å². The average Bonchev–Trinajstić information content (AvgIpc) is 2.28. The van der Waals surface area contributed by atoms with E-state index in [1.54, 1.807) is 0 Å². The van der Waals surface area contributed by atoms with Crippen LogP contribution in [0.1, 0.15) is 32.1 Å². The zero-order valence-corrected chi connectivity index (χ0v) is 7.12. The summed E-state index contributed by atoms with van der Waals surface area (Å²) in [5, 5.41) is 8.10. The fraction of sp³-hybridized carbons (Fsp3) is 0.778. The molecule has 2 nitrogen and oxygen atoms in total. The first-order valence-electron chi connectivity index (χ1n) is 4.35. The molecule has 0 heterocycles. The molecular formula is C9H12BNO. The van der Waals surface area contributed by atoms with Crippen molar-refractivity contribution >= 4 is 14.1 Å². The summed E-state index contributed by atoms with van der Waals surface area (Å²) in [6.45, 7) is 0. The zero-order valence-electron chi connectivity index (χ0n) is 7.12. The Hall–Kier alpha value is -0.775. The summed E-state index contributed by atoms with van der Waals surface area (Å²) in [5.74, 6) is 0.128. The standard InChI is InChI=1S/C9H12BNO/c10-9(7-11)4-1-2-8(6-12)3-5-9/h6,8H,1-5H2. The summed E-state index contributed by atoms with van der Waals surface area (Å²) in [5.41, 5.74) is 0. The minimum atomic E-state index is -0.669. The maximum absolute atomic E-state index is 10.5. The average molecular weight is 161 g/mol. The van der Waals surface area contributed by atoms with Crippen LogP contribution in [0.5, 0.6) is 0 Å². The van der Waals surface area contributed by atoms with Crippen molar-refractivity contribution in [2.45, 2.75) is 37.4 Å². The molecule has 0 N–H and O–H groups in total. The van der Waals surface area contributed by atoms with E-state index in [9.17, 15) is 4.79 Å². The van der Waals surface area contributed by atoms with Gasteiger partial charge in [0.05, 0.1) is 13.9 Å². The van der Waals surface area contributed by atoms with Gasteiger partial charge in [-0.05, 0) is 25.7 Å². The molecule has 0 aromatic carbocycles. The molecule has 12 heavy (non-hydrogen) atoms. The predicted octanol–water partition coefficient (Wildman–Crippen LogP) is 1.62. The van der Waals surface area contributed by atoms with Crippen LogP contribution in [0.4, 0.5) is 0 Å². The molecule has 1 saturated carbocycles. The number of carbonyl (C=O) groups excluding carboxylic acids is 1. The van der Waals surface area contributed by atoms with E-state index in [0.29, 0.717) is 6.42 Å². The predicted molar refractivity (Wildman–Crippen MR) is 46.7 cm³/mol. The van der Waals surface area contributed by atoms with Crippen molar-refractivity contribution < 1.29 is 4.79 Å². The van der Waals surface area contributed by atoms with Crippen LogP contribution in [0.2, 0.25) is 5.31 Å². The molecule has 1 rings (SSSR count). The van der Waals surface area contributed by atoms with Gasteiger partial charge in [0.2, 0.25) is 0 Å². The van der Waals surface area contributed by atoms with Crippen LogP contribution in [-0.4, -0.2) is 14.1 Å². The van der Waals surface area contributed by atoms with Gasteiger partial charge in [0, 0.05) is 11.2 Å². The van der Waals surface area contributed by atoms with Crippen LogP contribution in [0.25, 0.3) is 0 Å². The fourth-order valence-electron chi connectivity index (χ4n) is 1.64. The lowest BCUT2D eigenvalue weighted by Crippen LogP contribution is -2.08. The van der Waals surface area contributed by atoms with Crippen molar-refractivity contribution in [1.29, 1.82) is 5.26 Å². The van der Waals surface area contributed by atoms with Crippen molar-refractivity contribution in [2.24, 2.45) is 5.92 Å². The number of hydrogen-bond acceptors (Lipinski definition) is 2. The number of rotatable bonds is 1. The SMILES string of the molecule is [B]C1(C#N)CCCC(C=O)CC1. The normalized spacial score (nSPS) is 36.4. The van der Waals surface area contributed by atoms with E-state index >= 15 is 0 Å². The Balaban J connectivity index is 2.56. The summed E-state index contributed by atoms with van der Waals surface area (Å²) in [6.07, 6.45) is 4.94. The minimum absolute atomic E-state index is 0.128. The summed E-state index contributed by atoms with van der Waals surface area (Å²) in [6, 6.07) is 2.13. The minimum Gasteiger partial charge on any atom is -0.303 e. The number of carbonyl (C=O) groups is 1. The lowest BCUT2D eigenvalue weighted by Gasteiger charge is -2.18. The Labute approximate surface area is 74.4 Å². The van der Waals surface area contributed by atoms with Gasteiger partial charge >= 0.3 is 0 Å². The molecule has 0 aromatic rings. The summed E-state index contributed by atoms with van der Waals surface area (Å²) < 4.78 is 0. The van der Waals surface area contributed by atoms with Crippen molar-refractivity contribution in [3.05, 3.63) is 0 Å². The summed E-state index contributed by atoms with van der Waals surface area (Å²) in [4.78, 5) is 10.5. The second kappa shape index (κ2) is 3.75. The highest BCUT2D eigenvalue weighted by Crippen LogP contribution is 2.38. The Morgan fingerprint density at radius 1 is 1.50 bits per heavy atom. The number of hydrogen-bond donors (Lipinski definition) is 0. The van der Waals surface area contributed by atoms with E-state index in [4.69, 9.17) is 13.1 Å². The topological polar surface area (TPSA) is 40.9 Å². The Kier molecular flexibility index (Phi) is 2.91. The fourth-order valence-corrected chi connectivity index (χ4v) is 1.64. The molecule has 1 aliphatic rings. The van der Waals surface area contributed by atoms with Crippen LogP contribution >= 0.6 is 0 Å². The lowest BCUT2D eigenvalue weighted by molar-refractivity contribution is -0.111. The molecule has 0 spiro atoms. The van der Waals surface area contributed by atoms with Crippen LogP contribution in [0.15, 0.2) is 0 Å². The molecule has 2 radical (unpaired) electrons. The number of aldehydes is 1. The van der Waals surface area contributed by atoms with Gasteiger partial charge in [-0.3, -0.25) is 0 Å². The van der Waals surface area contributed by atoms with E-state index in [1.165, 1.54) is 0 Å². The van der Waals surface area contributed by atoms with Crippen LogP contribution < -0.4 is 0 Å². The van der Waals surface area contributed by atoms with Gasteiger partial charge in [0.25, 0.3) is 0 Å². The molecule has 0 bridgehead atoms. The third-order valence-electron chi connectivity index (χ3n) is 2.57. The maximum Gasteiger partial charge on any atom is 0.123 e. The highest BCUT2D eigenvalue weighted by Gasteiger charge is 2.27. The Morgan fingerprint density at radius 2 is 2.25 bits per heavy atom. The van der Waals surface area contributed by atoms with Gasteiger partial charge in [0.1, 0.15) is 6.29 Å². The molecule has 2 unspecified atom stereocenters. The first-order valence-corrected chi connectivity index (χ1v) is 4.35. The molecule has 2 atom stereocenters. The van der Waals surface area contributed by atoms with Crippen molar-refractivity contribution in [2.75, 3.05) is 0 Å². The molecule has 0 saturated heterocycles. The Bertz CT molecular complexity index is 211. The van der Waals surface area contributed by atoms with E-state index in [1.807, 2.05) is 0 Å². The van der Waals surface area contributed by atoms with E-state index < -0.39 is 5.31 Å².